The van der Waals surface area contributed by atoms with Crippen molar-refractivity contribution in [1.82, 2.24) is 9.97 Å². The van der Waals surface area contributed by atoms with Crippen molar-refractivity contribution in [2.75, 3.05) is 0 Å². The van der Waals surface area contributed by atoms with Gasteiger partial charge >= 0.3 is 0 Å². The molecule has 110 valence electrons. The summed E-state index contributed by atoms with van der Waals surface area (Å²) in [7, 11) is 0. The number of nitrogens with one attached hydrogen (secondary N) is 1. The Morgan fingerprint density at radius 1 is 1.09 bits per heavy atom. The minimum absolute atomic E-state index is 0.269. The van der Waals surface area contributed by atoms with Crippen LogP contribution in [0.25, 0.3) is 11.1 Å². The van der Waals surface area contributed by atoms with Crippen molar-refractivity contribution in [3.8, 4) is 16.9 Å². The fourth-order valence-electron chi connectivity index (χ4n) is 2.11. The molecule has 0 aliphatic heterocycles. The quantitative estimate of drug-likeness (QED) is 0.804. The van der Waals surface area contributed by atoms with Crippen molar-refractivity contribution < 1.29 is 9.13 Å². The number of benzene rings is 2. The molecule has 0 bridgehead atoms. The highest BCUT2D eigenvalue weighted by Gasteiger charge is 2.12. The lowest BCUT2D eigenvalue weighted by molar-refractivity contribution is 0.307. The van der Waals surface area contributed by atoms with Crippen molar-refractivity contribution in [1.29, 1.82) is 0 Å². The summed E-state index contributed by atoms with van der Waals surface area (Å²) in [4.78, 5) is 18.2. The molecule has 0 atom stereocenters. The second-order valence-electron chi connectivity index (χ2n) is 4.71. The molecule has 3 aromatic rings. The van der Waals surface area contributed by atoms with Gasteiger partial charge in [0.25, 0.3) is 5.56 Å². The highest BCUT2D eigenvalue weighted by atomic mass is 19.1. The van der Waals surface area contributed by atoms with Crippen molar-refractivity contribution in [2.24, 2.45) is 0 Å². The molecular formula is C17H13FN2O2. The third kappa shape index (κ3) is 3.03. The van der Waals surface area contributed by atoms with Gasteiger partial charge in [-0.3, -0.25) is 4.79 Å². The number of aromatic nitrogens is 2. The highest BCUT2D eigenvalue weighted by molar-refractivity contribution is 5.68. The Balaban J connectivity index is 1.95. The van der Waals surface area contributed by atoms with E-state index in [-0.39, 0.29) is 11.1 Å². The van der Waals surface area contributed by atoms with Gasteiger partial charge < -0.3 is 9.72 Å². The van der Waals surface area contributed by atoms with E-state index in [4.69, 9.17) is 4.74 Å². The number of nitrogens with zero attached hydrogens (tertiary/aromatic N) is 1. The molecule has 3 rings (SSSR count). The van der Waals surface area contributed by atoms with E-state index < -0.39 is 5.82 Å². The zero-order valence-corrected chi connectivity index (χ0v) is 11.6. The van der Waals surface area contributed by atoms with Gasteiger partial charge in [-0.15, -0.1) is 0 Å². The Morgan fingerprint density at radius 2 is 1.91 bits per heavy atom. The summed E-state index contributed by atoms with van der Waals surface area (Å²) in [5, 5.41) is 0. The average molecular weight is 296 g/mol. The van der Waals surface area contributed by atoms with Crippen LogP contribution in [-0.4, -0.2) is 9.97 Å². The van der Waals surface area contributed by atoms with E-state index in [1.165, 1.54) is 30.7 Å². The minimum Gasteiger partial charge on any atom is -0.488 e. The number of ether oxygens (including phenoxy) is 1. The van der Waals surface area contributed by atoms with Crippen molar-refractivity contribution >= 4 is 0 Å². The molecule has 0 radical (unpaired) electrons. The first-order chi connectivity index (χ1) is 10.7. The third-order valence-electron chi connectivity index (χ3n) is 3.19. The lowest BCUT2D eigenvalue weighted by atomic mass is 10.1. The number of aromatic amines is 1. The van der Waals surface area contributed by atoms with Gasteiger partial charge in [0.1, 0.15) is 18.2 Å². The van der Waals surface area contributed by atoms with Crippen LogP contribution >= 0.6 is 0 Å². The topological polar surface area (TPSA) is 55.0 Å². The molecule has 1 aromatic heterocycles. The molecule has 0 aliphatic carbocycles. The minimum atomic E-state index is -0.440. The summed E-state index contributed by atoms with van der Waals surface area (Å²) < 4.78 is 19.3. The summed E-state index contributed by atoms with van der Waals surface area (Å²) in [5.41, 5.74) is 1.29. The summed E-state index contributed by atoms with van der Waals surface area (Å²) in [6.45, 7) is 0.331. The molecular weight excluding hydrogens is 283 g/mol. The number of hydrogen-bond donors (Lipinski definition) is 1. The third-order valence-corrected chi connectivity index (χ3v) is 3.19. The molecule has 22 heavy (non-hydrogen) atoms. The maximum atomic E-state index is 13.5. The first kappa shape index (κ1) is 14.0. The molecule has 0 saturated carbocycles. The van der Waals surface area contributed by atoms with E-state index in [0.29, 0.717) is 17.9 Å². The molecule has 5 heteroatoms. The van der Waals surface area contributed by atoms with Gasteiger partial charge in [0, 0.05) is 11.8 Å². The van der Waals surface area contributed by atoms with E-state index >= 15 is 0 Å². The Labute approximate surface area is 126 Å². The van der Waals surface area contributed by atoms with Gasteiger partial charge in [0.2, 0.25) is 0 Å². The van der Waals surface area contributed by atoms with Crippen LogP contribution in [-0.2, 0) is 6.61 Å². The van der Waals surface area contributed by atoms with E-state index in [0.717, 1.165) is 5.56 Å². The Morgan fingerprint density at radius 3 is 2.68 bits per heavy atom. The molecule has 0 amide bonds. The second kappa shape index (κ2) is 6.22. The monoisotopic (exact) mass is 296 g/mol. The molecule has 0 fully saturated rings. The highest BCUT2D eigenvalue weighted by Crippen LogP contribution is 2.28. The molecule has 0 saturated heterocycles. The van der Waals surface area contributed by atoms with Crippen LogP contribution < -0.4 is 10.3 Å². The Hall–Kier alpha value is -2.95. The molecule has 0 unspecified atom stereocenters. The van der Waals surface area contributed by atoms with Gasteiger partial charge in [-0.25, -0.2) is 9.37 Å². The maximum absolute atomic E-state index is 13.5. The first-order valence-electron chi connectivity index (χ1n) is 6.73. The van der Waals surface area contributed by atoms with Gasteiger partial charge in [-0.1, -0.05) is 30.3 Å². The van der Waals surface area contributed by atoms with Crippen LogP contribution in [0, 0.1) is 5.82 Å². The van der Waals surface area contributed by atoms with E-state index in [2.05, 4.69) is 9.97 Å². The van der Waals surface area contributed by atoms with Crippen molar-refractivity contribution in [2.45, 2.75) is 6.61 Å². The average Bonchev–Trinajstić information content (AvgIpc) is 2.55. The molecule has 2 aromatic carbocycles. The lowest BCUT2D eigenvalue weighted by Gasteiger charge is -2.11. The Kier molecular flexibility index (Phi) is 3.96. The van der Waals surface area contributed by atoms with E-state index in [1.807, 2.05) is 30.3 Å². The Bertz CT molecular complexity index is 831. The number of halogens is 1. The first-order valence-corrected chi connectivity index (χ1v) is 6.73. The number of hydrogen-bond acceptors (Lipinski definition) is 3. The van der Waals surface area contributed by atoms with Gasteiger partial charge in [0.15, 0.2) is 0 Å². The predicted octanol–water partition coefficient (Wildman–Crippen LogP) is 3.16. The van der Waals surface area contributed by atoms with Crippen molar-refractivity contribution in [3.63, 3.8) is 0 Å². The van der Waals surface area contributed by atoms with Gasteiger partial charge in [-0.05, 0) is 23.8 Å². The summed E-state index contributed by atoms with van der Waals surface area (Å²) in [5.74, 6) is -0.00549. The van der Waals surface area contributed by atoms with Crippen LogP contribution in [0.1, 0.15) is 5.56 Å². The van der Waals surface area contributed by atoms with Crippen LogP contribution in [0.4, 0.5) is 4.39 Å². The molecule has 1 N–H and O–H groups in total. The fourth-order valence-corrected chi connectivity index (χ4v) is 2.11. The molecule has 1 heterocycles. The summed E-state index contributed by atoms with van der Waals surface area (Å²) in [6.07, 6.45) is 2.68. The van der Waals surface area contributed by atoms with E-state index in [1.54, 1.807) is 0 Å². The predicted molar refractivity (Wildman–Crippen MR) is 81.0 cm³/mol. The van der Waals surface area contributed by atoms with Crippen LogP contribution in [0.3, 0.4) is 0 Å². The number of H-pyrrole nitrogens is 1. The maximum Gasteiger partial charge on any atom is 0.258 e. The lowest BCUT2D eigenvalue weighted by Crippen LogP contribution is -2.09. The zero-order chi connectivity index (χ0) is 15.4. The molecule has 0 aliphatic rings. The normalized spacial score (nSPS) is 10.4. The number of rotatable bonds is 4. The molecule has 0 spiro atoms. The van der Waals surface area contributed by atoms with E-state index in [9.17, 15) is 9.18 Å². The van der Waals surface area contributed by atoms with Crippen molar-refractivity contribution in [3.05, 3.63) is 82.8 Å². The standard InChI is InChI=1S/C17H13FN2O2/c18-13-6-7-16(22-10-12-4-2-1-3-5-12)14(8-13)15-9-19-11-20-17(15)21/h1-9,11H,10H2,(H,19,20,21). The van der Waals surface area contributed by atoms with Gasteiger partial charge in [-0.2, -0.15) is 0 Å². The van der Waals surface area contributed by atoms with Crippen LogP contribution in [0.5, 0.6) is 5.75 Å². The SMILES string of the molecule is O=c1[nH]cncc1-c1cc(F)ccc1OCc1ccccc1. The molecule has 4 nitrogen and oxygen atoms in total. The van der Waals surface area contributed by atoms with Crippen LogP contribution in [0.2, 0.25) is 0 Å². The van der Waals surface area contributed by atoms with Crippen LogP contribution in [0.15, 0.2) is 65.8 Å². The second-order valence-corrected chi connectivity index (χ2v) is 4.71. The zero-order valence-electron chi connectivity index (χ0n) is 11.6. The largest absolute Gasteiger partial charge is 0.488 e. The van der Waals surface area contributed by atoms with Gasteiger partial charge in [0.05, 0.1) is 11.9 Å². The summed E-state index contributed by atoms with van der Waals surface area (Å²) in [6, 6.07) is 13.7. The fraction of sp³-hybridized carbons (Fsp3) is 0.0588. The summed E-state index contributed by atoms with van der Waals surface area (Å²) >= 11 is 0. The smallest absolute Gasteiger partial charge is 0.258 e.